The monoisotopic (exact) mass is 357 g/mol. The van der Waals surface area contributed by atoms with Crippen molar-refractivity contribution in [3.05, 3.63) is 60.5 Å². The van der Waals surface area contributed by atoms with Crippen LogP contribution in [0, 0.1) is 6.92 Å². The van der Waals surface area contributed by atoms with Gasteiger partial charge in [0, 0.05) is 33.4 Å². The number of nitrogens with zero attached hydrogens (tertiary/aromatic N) is 2. The molecule has 0 fully saturated rings. The van der Waals surface area contributed by atoms with Gasteiger partial charge in [0.25, 0.3) is 0 Å². The van der Waals surface area contributed by atoms with E-state index < -0.39 is 0 Å². The normalized spacial score (nSPS) is 11.7. The molecule has 1 aromatic rings. The van der Waals surface area contributed by atoms with Crippen LogP contribution in [0.3, 0.4) is 0 Å². The lowest BCUT2D eigenvalue weighted by Gasteiger charge is -2.24. The lowest BCUT2D eigenvalue weighted by molar-refractivity contribution is 0.474. The summed E-state index contributed by atoms with van der Waals surface area (Å²) >= 11 is 0. The smallest absolute Gasteiger partial charge is 0.0879 e. The van der Waals surface area contributed by atoms with E-state index in [9.17, 15) is 0 Å². The highest BCUT2D eigenvalue weighted by Crippen LogP contribution is 2.30. The maximum Gasteiger partial charge on any atom is 0.0879 e. The molecular formula is C23H39N3. The van der Waals surface area contributed by atoms with Crippen molar-refractivity contribution in [2.24, 2.45) is 0 Å². The Morgan fingerprint density at radius 1 is 1.19 bits per heavy atom. The Balaban J connectivity index is 0.00000301. The Morgan fingerprint density at radius 2 is 1.77 bits per heavy atom. The fraction of sp³-hybridized carbons (Fsp3) is 0.478. The van der Waals surface area contributed by atoms with Crippen LogP contribution in [-0.2, 0) is 6.54 Å². The molecule has 0 unspecified atom stereocenters. The second-order valence-corrected chi connectivity index (χ2v) is 6.66. The van der Waals surface area contributed by atoms with E-state index in [2.05, 4.69) is 94.5 Å². The first-order valence-electron chi connectivity index (χ1n) is 9.46. The van der Waals surface area contributed by atoms with Crippen molar-refractivity contribution in [3.63, 3.8) is 0 Å². The summed E-state index contributed by atoms with van der Waals surface area (Å²) in [7, 11) is 4.10. The van der Waals surface area contributed by atoms with Gasteiger partial charge in [-0.15, -0.1) is 13.2 Å². The lowest BCUT2D eigenvalue weighted by atomic mass is 10.2. The van der Waals surface area contributed by atoms with E-state index in [1.165, 1.54) is 28.1 Å². The average molecular weight is 358 g/mol. The Labute approximate surface area is 161 Å². The zero-order valence-corrected chi connectivity index (χ0v) is 18.1. The topological polar surface area (TPSA) is 20.2 Å². The van der Waals surface area contributed by atoms with Crippen LogP contribution in [0.5, 0.6) is 0 Å². The first-order chi connectivity index (χ1) is 12.3. The van der Waals surface area contributed by atoms with Crippen molar-refractivity contribution in [3.8, 4) is 0 Å². The van der Waals surface area contributed by atoms with Crippen LogP contribution in [0.4, 0.5) is 5.69 Å². The second-order valence-electron chi connectivity index (χ2n) is 6.66. The van der Waals surface area contributed by atoms with Gasteiger partial charge in [-0.3, -0.25) is 0 Å². The average Bonchev–Trinajstić information content (AvgIpc) is 2.95. The van der Waals surface area contributed by atoms with Gasteiger partial charge in [0.2, 0.25) is 0 Å². The third-order valence-electron chi connectivity index (χ3n) is 4.44. The van der Waals surface area contributed by atoms with Gasteiger partial charge in [-0.1, -0.05) is 43.7 Å². The summed E-state index contributed by atoms with van der Waals surface area (Å²) in [5.74, 6) is 0. The standard InChI is InChI=1S/C21H35N3.C2H4/c1-9-13-23(8)19(6)21-20(22-7)18(5)15-24(21)14-17(4)12-11-16(3)10-2;1-2/h11-12,15,22H,6,9-10,13-14H2,1-5,7-8H3;1-2H2/b16-11-,17-12+;. The van der Waals surface area contributed by atoms with Gasteiger partial charge in [-0.25, -0.2) is 0 Å². The summed E-state index contributed by atoms with van der Waals surface area (Å²) in [5, 5.41) is 3.36. The summed E-state index contributed by atoms with van der Waals surface area (Å²) in [6.07, 6.45) is 8.89. The summed E-state index contributed by atoms with van der Waals surface area (Å²) in [6, 6.07) is 0. The van der Waals surface area contributed by atoms with Crippen molar-refractivity contribution in [2.45, 2.75) is 54.0 Å². The van der Waals surface area contributed by atoms with Gasteiger partial charge < -0.3 is 14.8 Å². The fourth-order valence-corrected chi connectivity index (χ4v) is 2.82. The molecule has 0 saturated heterocycles. The molecule has 146 valence electrons. The summed E-state index contributed by atoms with van der Waals surface area (Å²) in [5.41, 5.74) is 7.44. The van der Waals surface area contributed by atoms with E-state index >= 15 is 0 Å². The molecule has 3 heteroatoms. The number of rotatable bonds is 9. The Bertz CT molecular complexity index is 632. The van der Waals surface area contributed by atoms with Crippen molar-refractivity contribution in [1.82, 2.24) is 9.47 Å². The molecule has 0 atom stereocenters. The molecule has 0 spiro atoms. The summed E-state index contributed by atoms with van der Waals surface area (Å²) in [4.78, 5) is 2.24. The third-order valence-corrected chi connectivity index (χ3v) is 4.44. The zero-order valence-electron chi connectivity index (χ0n) is 18.1. The second kappa shape index (κ2) is 12.2. The highest BCUT2D eigenvalue weighted by molar-refractivity contribution is 5.74. The number of allylic oxidation sites excluding steroid dienone is 4. The molecule has 0 saturated carbocycles. The molecule has 0 aromatic carbocycles. The van der Waals surface area contributed by atoms with Crippen LogP contribution in [0.1, 0.15) is 51.8 Å². The van der Waals surface area contributed by atoms with Gasteiger partial charge in [0.15, 0.2) is 0 Å². The molecule has 0 aliphatic rings. The van der Waals surface area contributed by atoms with Gasteiger partial charge >= 0.3 is 0 Å². The summed E-state index contributed by atoms with van der Waals surface area (Å²) < 4.78 is 2.32. The van der Waals surface area contributed by atoms with Crippen LogP contribution in [-0.4, -0.2) is 30.1 Å². The molecular weight excluding hydrogens is 318 g/mol. The highest BCUT2D eigenvalue weighted by atomic mass is 15.1. The predicted octanol–water partition coefficient (Wildman–Crippen LogP) is 6.26. The van der Waals surface area contributed by atoms with Crippen LogP contribution in [0.25, 0.3) is 5.70 Å². The molecule has 0 bridgehead atoms. The Morgan fingerprint density at radius 3 is 2.27 bits per heavy atom. The number of aromatic nitrogens is 1. The zero-order chi connectivity index (χ0) is 20.3. The molecule has 0 radical (unpaired) electrons. The van der Waals surface area contributed by atoms with Crippen LogP contribution in [0.2, 0.25) is 0 Å². The minimum atomic E-state index is 0.879. The molecule has 1 N–H and O–H groups in total. The van der Waals surface area contributed by atoms with Crippen LogP contribution in [0.15, 0.2) is 49.2 Å². The first kappa shape index (κ1) is 23.8. The Kier molecular flexibility index (Phi) is 11.2. The minimum Gasteiger partial charge on any atom is -0.386 e. The number of hydrogen-bond donors (Lipinski definition) is 1. The maximum absolute atomic E-state index is 4.35. The van der Waals surface area contributed by atoms with E-state index in [0.29, 0.717) is 0 Å². The van der Waals surface area contributed by atoms with Gasteiger partial charge in [0.1, 0.15) is 0 Å². The third kappa shape index (κ3) is 6.62. The van der Waals surface area contributed by atoms with Crippen molar-refractivity contribution < 1.29 is 0 Å². The fourth-order valence-electron chi connectivity index (χ4n) is 2.82. The van der Waals surface area contributed by atoms with Crippen LogP contribution >= 0.6 is 0 Å². The first-order valence-corrected chi connectivity index (χ1v) is 9.46. The molecule has 0 amide bonds. The van der Waals surface area contributed by atoms with Gasteiger partial charge in [-0.2, -0.15) is 0 Å². The number of hydrogen-bond acceptors (Lipinski definition) is 2. The predicted molar refractivity (Wildman–Crippen MR) is 120 cm³/mol. The van der Waals surface area contributed by atoms with Gasteiger partial charge in [0.05, 0.1) is 17.1 Å². The van der Waals surface area contributed by atoms with Crippen LogP contribution < -0.4 is 5.32 Å². The molecule has 1 rings (SSSR count). The molecule has 0 aliphatic heterocycles. The van der Waals surface area contributed by atoms with Gasteiger partial charge in [-0.05, 0) is 39.2 Å². The van der Waals surface area contributed by atoms with Crippen molar-refractivity contribution in [1.29, 1.82) is 0 Å². The minimum absolute atomic E-state index is 0.879. The van der Waals surface area contributed by atoms with E-state index in [0.717, 1.165) is 31.6 Å². The number of nitrogens with one attached hydrogen (secondary N) is 1. The molecule has 3 nitrogen and oxygen atoms in total. The SMILES string of the molecule is C=C.C=C(c1c(NC)c(C)cn1C/C(C)=C/C=C(/C)CC)N(C)CCC. The maximum atomic E-state index is 4.35. The van der Waals surface area contributed by atoms with Crippen molar-refractivity contribution >= 4 is 11.4 Å². The number of aryl methyl sites for hydroxylation is 1. The van der Waals surface area contributed by atoms with E-state index in [1.807, 2.05) is 7.05 Å². The number of anilines is 1. The van der Waals surface area contributed by atoms with E-state index in [4.69, 9.17) is 0 Å². The molecule has 0 aliphatic carbocycles. The quantitative estimate of drug-likeness (QED) is 0.416. The molecule has 1 aromatic heterocycles. The van der Waals surface area contributed by atoms with Crippen molar-refractivity contribution in [2.75, 3.05) is 26.0 Å². The Hall–Kier alpha value is -2.16. The van der Waals surface area contributed by atoms with E-state index in [-0.39, 0.29) is 0 Å². The lowest BCUT2D eigenvalue weighted by Crippen LogP contribution is -2.19. The highest BCUT2D eigenvalue weighted by Gasteiger charge is 2.17. The molecule has 26 heavy (non-hydrogen) atoms. The van der Waals surface area contributed by atoms with E-state index in [1.54, 1.807) is 0 Å². The summed E-state index contributed by atoms with van der Waals surface area (Å²) in [6.45, 7) is 23.2. The molecule has 1 heterocycles. The largest absolute Gasteiger partial charge is 0.386 e.